The summed E-state index contributed by atoms with van der Waals surface area (Å²) < 4.78 is 0. The predicted octanol–water partition coefficient (Wildman–Crippen LogP) is 3.40. The van der Waals surface area contributed by atoms with Crippen LogP contribution >= 0.6 is 0 Å². The lowest BCUT2D eigenvalue weighted by molar-refractivity contribution is -0.122. The zero-order valence-electron chi connectivity index (χ0n) is 20.8. The standard InChI is InChI=1S/C24H34N8O2/c1-7-31(8-2)11-10-30(6)23(34)28-18-14-25-29-20(18)21-26-16-12-15-19(13-17(16)27-21)32(9-3)22(33)24(15,4)5/h12-14H,7-11H2,1-6H3,(H,25,29)(H,26,27)(H,28,34). The second-order valence-corrected chi connectivity index (χ2v) is 9.18. The summed E-state index contributed by atoms with van der Waals surface area (Å²) >= 11 is 0. The third-order valence-electron chi connectivity index (χ3n) is 6.77. The molecule has 10 nitrogen and oxygen atoms in total. The number of nitrogens with zero attached hydrogens (tertiary/aromatic N) is 5. The fourth-order valence-electron chi connectivity index (χ4n) is 4.47. The van der Waals surface area contributed by atoms with E-state index in [9.17, 15) is 9.59 Å². The van der Waals surface area contributed by atoms with Gasteiger partial charge >= 0.3 is 6.03 Å². The number of amides is 3. The van der Waals surface area contributed by atoms with Gasteiger partial charge in [0.15, 0.2) is 5.82 Å². The Morgan fingerprint density at radius 2 is 1.91 bits per heavy atom. The number of carbonyl (C=O) groups is 2. The molecule has 10 heteroatoms. The minimum atomic E-state index is -0.590. The van der Waals surface area contributed by atoms with Crippen molar-refractivity contribution in [1.29, 1.82) is 0 Å². The molecule has 34 heavy (non-hydrogen) atoms. The fourth-order valence-corrected chi connectivity index (χ4v) is 4.47. The largest absolute Gasteiger partial charge is 0.337 e. The molecule has 0 aliphatic carbocycles. The number of hydrogen-bond donors (Lipinski definition) is 3. The Balaban J connectivity index is 1.57. The molecular weight excluding hydrogens is 432 g/mol. The van der Waals surface area contributed by atoms with Crippen molar-refractivity contribution in [2.24, 2.45) is 0 Å². The van der Waals surface area contributed by atoms with Crippen LogP contribution in [0.15, 0.2) is 18.3 Å². The average molecular weight is 467 g/mol. The molecule has 3 N–H and O–H groups in total. The Bertz CT molecular complexity index is 1210. The molecule has 0 fully saturated rings. The maximum atomic E-state index is 12.8. The first-order chi connectivity index (χ1) is 16.2. The maximum absolute atomic E-state index is 12.8. The van der Waals surface area contributed by atoms with Gasteiger partial charge in [-0.3, -0.25) is 9.89 Å². The lowest BCUT2D eigenvalue weighted by atomic mass is 9.86. The summed E-state index contributed by atoms with van der Waals surface area (Å²) in [6.45, 7) is 14.1. The number of aromatic amines is 2. The van der Waals surface area contributed by atoms with E-state index in [4.69, 9.17) is 4.98 Å². The minimum absolute atomic E-state index is 0.0987. The van der Waals surface area contributed by atoms with Crippen LogP contribution in [0.2, 0.25) is 0 Å². The van der Waals surface area contributed by atoms with Crippen LogP contribution in [0.1, 0.15) is 40.2 Å². The summed E-state index contributed by atoms with van der Waals surface area (Å²) in [6, 6.07) is 3.75. The highest BCUT2D eigenvalue weighted by atomic mass is 16.2. The first-order valence-corrected chi connectivity index (χ1v) is 11.9. The third kappa shape index (κ3) is 4.02. The molecule has 3 aromatic rings. The summed E-state index contributed by atoms with van der Waals surface area (Å²) in [5.41, 5.74) is 4.03. The van der Waals surface area contributed by atoms with Crippen LogP contribution in [0.3, 0.4) is 0 Å². The molecule has 0 saturated carbocycles. The molecule has 3 amide bonds. The first-order valence-electron chi connectivity index (χ1n) is 11.9. The topological polar surface area (TPSA) is 113 Å². The highest BCUT2D eigenvalue weighted by Gasteiger charge is 2.43. The molecule has 1 aliphatic rings. The number of anilines is 2. The normalized spacial score (nSPS) is 14.8. The molecule has 0 saturated heterocycles. The Labute approximate surface area is 199 Å². The number of urea groups is 1. The number of likely N-dealkylation sites (N-methyl/N-ethyl adjacent to an activating group) is 3. The van der Waals surface area contributed by atoms with Gasteiger partial charge in [-0.15, -0.1) is 0 Å². The van der Waals surface area contributed by atoms with Crippen LogP contribution in [0.4, 0.5) is 16.2 Å². The first kappa shape index (κ1) is 23.7. The number of carbonyl (C=O) groups excluding carboxylic acids is 2. The van der Waals surface area contributed by atoms with Gasteiger partial charge in [0.05, 0.1) is 34.0 Å². The molecule has 1 aliphatic heterocycles. The van der Waals surface area contributed by atoms with Crippen molar-refractivity contribution in [1.82, 2.24) is 30.0 Å². The lowest BCUT2D eigenvalue weighted by Gasteiger charge is -2.23. The van der Waals surface area contributed by atoms with Crippen LogP contribution in [-0.2, 0) is 10.2 Å². The van der Waals surface area contributed by atoms with Gasteiger partial charge in [-0.1, -0.05) is 13.8 Å². The van der Waals surface area contributed by atoms with E-state index in [0.717, 1.165) is 41.9 Å². The monoisotopic (exact) mass is 466 g/mol. The minimum Gasteiger partial charge on any atom is -0.337 e. The third-order valence-corrected chi connectivity index (χ3v) is 6.77. The molecule has 0 unspecified atom stereocenters. The van der Waals surface area contributed by atoms with Crippen molar-refractivity contribution in [3.63, 3.8) is 0 Å². The number of H-pyrrole nitrogens is 2. The summed E-state index contributed by atoms with van der Waals surface area (Å²) in [7, 11) is 1.78. The summed E-state index contributed by atoms with van der Waals surface area (Å²) in [5, 5.41) is 10.0. The maximum Gasteiger partial charge on any atom is 0.321 e. The van der Waals surface area contributed by atoms with Gasteiger partial charge in [0.25, 0.3) is 0 Å². The van der Waals surface area contributed by atoms with Crippen LogP contribution in [-0.4, -0.2) is 81.7 Å². The van der Waals surface area contributed by atoms with Gasteiger partial charge in [0.2, 0.25) is 5.91 Å². The molecule has 2 aromatic heterocycles. The van der Waals surface area contributed by atoms with Crippen molar-refractivity contribution in [2.45, 2.75) is 40.0 Å². The van der Waals surface area contributed by atoms with E-state index in [0.29, 0.717) is 30.3 Å². The Morgan fingerprint density at radius 1 is 1.18 bits per heavy atom. The van der Waals surface area contributed by atoms with Crippen LogP contribution < -0.4 is 10.2 Å². The predicted molar refractivity (Wildman–Crippen MR) is 134 cm³/mol. The van der Waals surface area contributed by atoms with Gasteiger partial charge in [0, 0.05) is 26.7 Å². The Kier molecular flexibility index (Phi) is 6.35. The second kappa shape index (κ2) is 9.09. The smallest absolute Gasteiger partial charge is 0.321 e. The van der Waals surface area contributed by atoms with Gasteiger partial charge in [-0.25, -0.2) is 9.78 Å². The van der Waals surface area contributed by atoms with Crippen LogP contribution in [0.25, 0.3) is 22.6 Å². The van der Waals surface area contributed by atoms with E-state index < -0.39 is 5.41 Å². The van der Waals surface area contributed by atoms with Gasteiger partial charge in [-0.05, 0) is 51.6 Å². The van der Waals surface area contributed by atoms with E-state index in [1.54, 1.807) is 23.0 Å². The van der Waals surface area contributed by atoms with Crippen molar-refractivity contribution < 1.29 is 9.59 Å². The summed E-state index contributed by atoms with van der Waals surface area (Å²) in [6.07, 6.45) is 1.58. The summed E-state index contributed by atoms with van der Waals surface area (Å²) in [4.78, 5) is 39.4. The number of rotatable bonds is 8. The highest BCUT2D eigenvalue weighted by Crippen LogP contribution is 2.43. The number of fused-ring (bicyclic) bond motifs is 2. The van der Waals surface area contributed by atoms with Crippen molar-refractivity contribution in [2.75, 3.05) is 50.0 Å². The van der Waals surface area contributed by atoms with E-state index in [-0.39, 0.29) is 11.9 Å². The summed E-state index contributed by atoms with van der Waals surface area (Å²) in [5.74, 6) is 0.672. The average Bonchev–Trinajstić information content (AvgIpc) is 3.49. The second-order valence-electron chi connectivity index (χ2n) is 9.18. The van der Waals surface area contributed by atoms with E-state index in [1.165, 1.54) is 0 Å². The number of hydrogen-bond acceptors (Lipinski definition) is 5. The van der Waals surface area contributed by atoms with Gasteiger partial charge in [0.1, 0.15) is 5.69 Å². The van der Waals surface area contributed by atoms with Crippen molar-refractivity contribution in [3.05, 3.63) is 23.9 Å². The van der Waals surface area contributed by atoms with E-state index in [2.05, 4.69) is 39.2 Å². The molecule has 0 bridgehead atoms. The zero-order valence-corrected chi connectivity index (χ0v) is 20.8. The van der Waals surface area contributed by atoms with Crippen molar-refractivity contribution >= 4 is 34.3 Å². The molecule has 0 radical (unpaired) electrons. The molecule has 0 spiro atoms. The van der Waals surface area contributed by atoms with Crippen molar-refractivity contribution in [3.8, 4) is 11.5 Å². The van der Waals surface area contributed by atoms with E-state index >= 15 is 0 Å². The molecule has 182 valence electrons. The SMILES string of the molecule is CCN(CC)CCN(C)C(=O)Nc1cn[nH]c1-c1nc2cc3c(cc2[nH]1)C(C)(C)C(=O)N3CC. The Morgan fingerprint density at radius 3 is 2.59 bits per heavy atom. The van der Waals surface area contributed by atoms with Gasteiger partial charge in [-0.2, -0.15) is 5.10 Å². The molecule has 3 heterocycles. The number of imidazole rings is 1. The number of benzene rings is 1. The molecule has 1 aromatic carbocycles. The van der Waals surface area contributed by atoms with E-state index in [1.807, 2.05) is 32.9 Å². The fraction of sp³-hybridized carbons (Fsp3) is 0.500. The molecular formula is C24H34N8O2. The molecule has 4 rings (SSSR count). The zero-order chi connectivity index (χ0) is 24.6. The van der Waals surface area contributed by atoms with Gasteiger partial charge < -0.3 is 25.0 Å². The quantitative estimate of drug-likeness (QED) is 0.471. The highest BCUT2D eigenvalue weighted by molar-refractivity contribution is 6.09. The molecule has 0 atom stereocenters. The Hall–Kier alpha value is -3.40. The lowest BCUT2D eigenvalue weighted by Crippen LogP contribution is -2.38. The van der Waals surface area contributed by atoms with Crippen LogP contribution in [0.5, 0.6) is 0 Å². The van der Waals surface area contributed by atoms with Crippen LogP contribution in [0, 0.1) is 0 Å². The number of aromatic nitrogens is 4. The number of nitrogens with one attached hydrogen (secondary N) is 3.